The van der Waals surface area contributed by atoms with Gasteiger partial charge in [-0.2, -0.15) is 0 Å². The minimum absolute atomic E-state index is 0.0269. The molecule has 2 heterocycles. The maximum absolute atomic E-state index is 13.4. The van der Waals surface area contributed by atoms with E-state index in [2.05, 4.69) is 5.32 Å². The monoisotopic (exact) mass is 473 g/mol. The fourth-order valence-electron chi connectivity index (χ4n) is 4.48. The summed E-state index contributed by atoms with van der Waals surface area (Å²) in [5.41, 5.74) is -0.488. The van der Waals surface area contributed by atoms with E-state index >= 15 is 0 Å². The topological polar surface area (TPSA) is 104 Å². The van der Waals surface area contributed by atoms with Crippen molar-refractivity contribution in [2.45, 2.75) is 31.3 Å². The number of nitrogens with one attached hydrogen (secondary N) is 1. The average molecular weight is 474 g/mol. The number of sulfone groups is 1. The highest BCUT2D eigenvalue weighted by atomic mass is 32.2. The number of hydrogen-bond donors (Lipinski definition) is 1. The van der Waals surface area contributed by atoms with Gasteiger partial charge < -0.3 is 10.2 Å². The molecule has 0 saturated carbocycles. The zero-order valence-corrected chi connectivity index (χ0v) is 18.8. The van der Waals surface area contributed by atoms with E-state index in [0.29, 0.717) is 11.3 Å². The SMILES string of the molecule is CC[C@@]1(c2ccc(F)cc2)NC(=O)N(CC(=O)N(c2ccccc2)[C@H]2CCS(=O)(=O)C2)C1=O. The molecular formula is C23H24FN3O5S. The molecule has 33 heavy (non-hydrogen) atoms. The molecule has 4 rings (SSSR count). The van der Waals surface area contributed by atoms with Gasteiger partial charge in [0, 0.05) is 5.69 Å². The molecule has 2 saturated heterocycles. The van der Waals surface area contributed by atoms with E-state index in [4.69, 9.17) is 0 Å². The number of hydrogen-bond acceptors (Lipinski definition) is 5. The zero-order chi connectivity index (χ0) is 23.8. The van der Waals surface area contributed by atoms with Crippen LogP contribution in [0.15, 0.2) is 54.6 Å². The van der Waals surface area contributed by atoms with Crippen LogP contribution in [0.2, 0.25) is 0 Å². The fraction of sp³-hybridized carbons (Fsp3) is 0.348. The summed E-state index contributed by atoms with van der Waals surface area (Å²) in [5, 5.41) is 2.67. The minimum Gasteiger partial charge on any atom is -0.319 e. The summed E-state index contributed by atoms with van der Waals surface area (Å²) in [6.45, 7) is 1.17. The molecule has 0 aromatic heterocycles. The molecule has 2 aromatic rings. The Labute approximate surface area is 191 Å². The van der Waals surface area contributed by atoms with Gasteiger partial charge >= 0.3 is 6.03 Å². The number of carbonyl (C=O) groups is 3. The average Bonchev–Trinajstić information content (AvgIpc) is 3.26. The lowest BCUT2D eigenvalue weighted by Gasteiger charge is -2.30. The molecule has 0 unspecified atom stereocenters. The van der Waals surface area contributed by atoms with E-state index in [0.717, 1.165) is 4.90 Å². The molecule has 2 aliphatic heterocycles. The lowest BCUT2D eigenvalue weighted by Crippen LogP contribution is -2.49. The highest BCUT2D eigenvalue weighted by Crippen LogP contribution is 2.33. The first-order valence-corrected chi connectivity index (χ1v) is 12.5. The van der Waals surface area contributed by atoms with E-state index < -0.39 is 51.6 Å². The van der Waals surface area contributed by atoms with Crippen molar-refractivity contribution in [3.05, 3.63) is 66.0 Å². The van der Waals surface area contributed by atoms with Crippen molar-refractivity contribution in [2.24, 2.45) is 0 Å². The summed E-state index contributed by atoms with van der Waals surface area (Å²) in [6, 6.07) is 12.6. The van der Waals surface area contributed by atoms with Crippen molar-refractivity contribution in [3.8, 4) is 0 Å². The van der Waals surface area contributed by atoms with E-state index in [1.54, 1.807) is 37.3 Å². The van der Waals surface area contributed by atoms with Crippen LogP contribution >= 0.6 is 0 Å². The van der Waals surface area contributed by atoms with E-state index in [9.17, 15) is 27.2 Å². The van der Waals surface area contributed by atoms with Crippen LogP contribution in [0.1, 0.15) is 25.3 Å². The Morgan fingerprint density at radius 1 is 1.15 bits per heavy atom. The number of halogens is 1. The Hall–Kier alpha value is -3.27. The lowest BCUT2D eigenvalue weighted by molar-refractivity contribution is -0.134. The Morgan fingerprint density at radius 3 is 2.39 bits per heavy atom. The van der Waals surface area contributed by atoms with Crippen molar-refractivity contribution < 1.29 is 27.2 Å². The molecule has 8 nitrogen and oxygen atoms in total. The van der Waals surface area contributed by atoms with Gasteiger partial charge in [0.05, 0.1) is 17.5 Å². The van der Waals surface area contributed by atoms with Crippen LogP contribution < -0.4 is 10.2 Å². The third-order valence-corrected chi connectivity index (χ3v) is 7.96. The Kier molecular flexibility index (Phi) is 5.96. The first kappa shape index (κ1) is 22.9. The summed E-state index contributed by atoms with van der Waals surface area (Å²) in [5.74, 6) is -1.85. The van der Waals surface area contributed by atoms with Crippen molar-refractivity contribution in [3.63, 3.8) is 0 Å². The Morgan fingerprint density at radius 2 is 1.82 bits per heavy atom. The third kappa shape index (κ3) is 4.22. The summed E-state index contributed by atoms with van der Waals surface area (Å²) in [6.07, 6.45) is 0.481. The molecule has 2 fully saturated rings. The summed E-state index contributed by atoms with van der Waals surface area (Å²) >= 11 is 0. The van der Waals surface area contributed by atoms with Crippen molar-refractivity contribution in [1.82, 2.24) is 10.2 Å². The molecule has 0 bridgehead atoms. The quantitative estimate of drug-likeness (QED) is 0.648. The Bertz CT molecular complexity index is 1190. The number of benzene rings is 2. The van der Waals surface area contributed by atoms with Gasteiger partial charge in [-0.1, -0.05) is 37.3 Å². The van der Waals surface area contributed by atoms with Crippen LogP contribution in [0.3, 0.4) is 0 Å². The molecule has 10 heteroatoms. The number of carbonyl (C=O) groups excluding carboxylic acids is 3. The molecule has 2 aliphatic rings. The fourth-order valence-corrected chi connectivity index (χ4v) is 6.18. The molecule has 2 aromatic carbocycles. The lowest BCUT2D eigenvalue weighted by atomic mass is 9.87. The van der Waals surface area contributed by atoms with Gasteiger partial charge in [-0.25, -0.2) is 17.6 Å². The van der Waals surface area contributed by atoms with Gasteiger partial charge in [0.2, 0.25) is 5.91 Å². The first-order valence-electron chi connectivity index (χ1n) is 10.6. The molecule has 0 aliphatic carbocycles. The van der Waals surface area contributed by atoms with Gasteiger partial charge in [0.25, 0.3) is 5.91 Å². The first-order chi connectivity index (χ1) is 15.7. The predicted octanol–water partition coefficient (Wildman–Crippen LogP) is 2.20. The highest BCUT2D eigenvalue weighted by molar-refractivity contribution is 7.91. The summed E-state index contributed by atoms with van der Waals surface area (Å²) < 4.78 is 37.5. The predicted molar refractivity (Wildman–Crippen MR) is 120 cm³/mol. The van der Waals surface area contributed by atoms with Gasteiger partial charge in [-0.15, -0.1) is 0 Å². The molecule has 0 radical (unpaired) electrons. The number of imide groups is 1. The minimum atomic E-state index is -3.28. The van der Waals surface area contributed by atoms with Crippen LogP contribution in [-0.2, 0) is 25.0 Å². The smallest absolute Gasteiger partial charge is 0.319 e. The summed E-state index contributed by atoms with van der Waals surface area (Å²) in [7, 11) is -3.28. The second-order valence-electron chi connectivity index (χ2n) is 8.24. The van der Waals surface area contributed by atoms with Crippen molar-refractivity contribution in [1.29, 1.82) is 0 Å². The van der Waals surface area contributed by atoms with E-state index in [-0.39, 0.29) is 24.3 Å². The number of rotatable bonds is 6. The second kappa shape index (κ2) is 8.58. The molecular weight excluding hydrogens is 449 g/mol. The maximum atomic E-state index is 13.4. The van der Waals surface area contributed by atoms with Gasteiger partial charge in [-0.05, 0) is 42.7 Å². The third-order valence-electron chi connectivity index (χ3n) is 6.21. The van der Waals surface area contributed by atoms with Gasteiger partial charge in [0.15, 0.2) is 9.84 Å². The maximum Gasteiger partial charge on any atom is 0.325 e. The largest absolute Gasteiger partial charge is 0.325 e. The van der Waals surface area contributed by atoms with Crippen LogP contribution in [0, 0.1) is 5.82 Å². The summed E-state index contributed by atoms with van der Waals surface area (Å²) in [4.78, 5) is 41.7. The molecule has 174 valence electrons. The molecule has 0 spiro atoms. The van der Waals surface area contributed by atoms with Gasteiger partial charge in [0.1, 0.15) is 17.9 Å². The number of para-hydroxylation sites is 1. The van der Waals surface area contributed by atoms with E-state index in [1.807, 2.05) is 0 Å². The second-order valence-corrected chi connectivity index (χ2v) is 10.5. The van der Waals surface area contributed by atoms with Crippen LogP contribution in [0.4, 0.5) is 14.9 Å². The van der Waals surface area contributed by atoms with Crippen molar-refractivity contribution >= 4 is 33.4 Å². The molecule has 4 amide bonds. The van der Waals surface area contributed by atoms with Crippen LogP contribution in [0.25, 0.3) is 0 Å². The highest BCUT2D eigenvalue weighted by Gasteiger charge is 2.52. The van der Waals surface area contributed by atoms with E-state index in [1.165, 1.54) is 29.2 Å². The van der Waals surface area contributed by atoms with Crippen molar-refractivity contribution in [2.75, 3.05) is 23.0 Å². The number of nitrogens with zero attached hydrogens (tertiary/aromatic N) is 2. The molecule has 2 atom stereocenters. The number of anilines is 1. The van der Waals surface area contributed by atoms with Gasteiger partial charge in [-0.3, -0.25) is 14.5 Å². The standard InChI is InChI=1S/C23H24FN3O5S/c1-2-23(16-8-10-17(24)11-9-16)21(29)26(22(30)25-23)14-20(28)27(18-6-4-3-5-7-18)19-12-13-33(31,32)15-19/h3-11,19H,2,12-15H2,1H3,(H,25,30)/t19-,23-/m0/s1. The zero-order valence-electron chi connectivity index (χ0n) is 18.0. The normalized spacial score (nSPS) is 24.1. The van der Waals surface area contributed by atoms with Crippen LogP contribution in [0.5, 0.6) is 0 Å². The number of urea groups is 1. The van der Waals surface area contributed by atoms with Crippen LogP contribution in [-0.4, -0.2) is 55.3 Å². The molecule has 1 N–H and O–H groups in total. The Balaban J connectivity index is 1.62. The number of amides is 4.